The van der Waals surface area contributed by atoms with Gasteiger partial charge in [0.05, 0.1) is 16.8 Å². The minimum absolute atomic E-state index is 0.151. The molecule has 3 aromatic carbocycles. The Bertz CT molecular complexity index is 1150. The topological polar surface area (TPSA) is 59.9 Å². The molecule has 3 rings (SSSR count). The lowest BCUT2D eigenvalue weighted by molar-refractivity contribution is -0.118. The lowest BCUT2D eigenvalue weighted by atomic mass is 10.2. The number of benzene rings is 3. The Kier molecular flexibility index (Phi) is 8.31. The molecule has 0 aliphatic heterocycles. The number of aliphatic imine (C=N–C) groups is 1. The fourth-order valence-corrected chi connectivity index (χ4v) is 3.68. The van der Waals surface area contributed by atoms with Crippen LogP contribution >= 0.6 is 27.5 Å². The van der Waals surface area contributed by atoms with Crippen LogP contribution in [0.5, 0.6) is 11.5 Å². The number of nitrogens with one attached hydrogen (secondary N) is 1. The third-order valence-electron chi connectivity index (χ3n) is 4.50. The average molecular weight is 516 g/mol. The first-order valence-electron chi connectivity index (χ1n) is 10.1. The molecule has 0 saturated carbocycles. The average Bonchev–Trinajstić information content (AvgIpc) is 2.74. The smallest absolute Gasteiger partial charge is 0.262 e. The van der Waals surface area contributed by atoms with Gasteiger partial charge in [0.1, 0.15) is 0 Å². The van der Waals surface area contributed by atoms with E-state index in [0.717, 1.165) is 28.1 Å². The minimum Gasteiger partial charge on any atom is -0.490 e. The van der Waals surface area contributed by atoms with Gasteiger partial charge in [0.15, 0.2) is 18.1 Å². The number of nitrogens with zero attached hydrogens (tertiary/aromatic N) is 1. The Labute approximate surface area is 201 Å². The molecule has 0 aliphatic carbocycles. The molecule has 0 saturated heterocycles. The highest BCUT2D eigenvalue weighted by atomic mass is 79.9. The highest BCUT2D eigenvalue weighted by Gasteiger charge is 2.14. The van der Waals surface area contributed by atoms with Crippen molar-refractivity contribution in [3.63, 3.8) is 0 Å². The molecule has 0 atom stereocenters. The standard InChI is InChI=1S/C25H24BrClN2O3/c1-4-31-23-12-18(14-28-19-9-8-17(3)22(27)13-19)11-21(26)25(23)32-15-24(30)29-20-7-5-6-16(2)10-20/h5-14H,4,15H2,1-3H3,(H,29,30). The van der Waals surface area contributed by atoms with Gasteiger partial charge < -0.3 is 14.8 Å². The summed E-state index contributed by atoms with van der Waals surface area (Å²) in [4.78, 5) is 16.8. The Hall–Kier alpha value is -2.83. The number of aryl methyl sites for hydroxylation is 2. The lowest BCUT2D eigenvalue weighted by Crippen LogP contribution is -2.20. The first-order valence-corrected chi connectivity index (χ1v) is 11.3. The van der Waals surface area contributed by atoms with Crippen molar-refractivity contribution in [2.45, 2.75) is 20.8 Å². The van der Waals surface area contributed by atoms with Gasteiger partial charge in [0, 0.05) is 16.9 Å². The summed E-state index contributed by atoms with van der Waals surface area (Å²) in [5, 5.41) is 3.50. The Balaban J connectivity index is 1.73. The van der Waals surface area contributed by atoms with Crippen LogP contribution in [0.1, 0.15) is 23.6 Å². The predicted octanol–water partition coefficient (Wildman–Crippen LogP) is 6.89. The van der Waals surface area contributed by atoms with E-state index in [1.165, 1.54) is 0 Å². The van der Waals surface area contributed by atoms with Gasteiger partial charge in [-0.05, 0) is 89.8 Å². The number of hydrogen-bond acceptors (Lipinski definition) is 4. The Morgan fingerprint density at radius 3 is 2.66 bits per heavy atom. The van der Waals surface area contributed by atoms with E-state index in [2.05, 4.69) is 26.2 Å². The Morgan fingerprint density at radius 1 is 1.12 bits per heavy atom. The molecule has 32 heavy (non-hydrogen) atoms. The number of amides is 1. The van der Waals surface area contributed by atoms with E-state index < -0.39 is 0 Å². The van der Waals surface area contributed by atoms with Crippen molar-refractivity contribution in [3.8, 4) is 11.5 Å². The van der Waals surface area contributed by atoms with Gasteiger partial charge in [0.25, 0.3) is 5.91 Å². The van der Waals surface area contributed by atoms with Crippen molar-refractivity contribution in [1.29, 1.82) is 0 Å². The van der Waals surface area contributed by atoms with Crippen LogP contribution in [0.4, 0.5) is 11.4 Å². The van der Waals surface area contributed by atoms with E-state index in [1.54, 1.807) is 6.21 Å². The monoisotopic (exact) mass is 514 g/mol. The van der Waals surface area contributed by atoms with Crippen LogP contribution in [0.2, 0.25) is 5.02 Å². The van der Waals surface area contributed by atoms with Gasteiger partial charge in [-0.2, -0.15) is 0 Å². The summed E-state index contributed by atoms with van der Waals surface area (Å²) in [5.74, 6) is 0.724. The van der Waals surface area contributed by atoms with Crippen molar-refractivity contribution in [2.24, 2.45) is 4.99 Å². The summed E-state index contributed by atoms with van der Waals surface area (Å²) in [6.45, 7) is 6.10. The summed E-state index contributed by atoms with van der Waals surface area (Å²) in [7, 11) is 0. The third kappa shape index (κ3) is 6.58. The van der Waals surface area contributed by atoms with Gasteiger partial charge in [-0.3, -0.25) is 9.79 Å². The molecule has 1 amide bonds. The SMILES string of the molecule is CCOc1cc(C=Nc2ccc(C)c(Cl)c2)cc(Br)c1OCC(=O)Nc1cccc(C)c1. The minimum atomic E-state index is -0.258. The molecule has 1 N–H and O–H groups in total. The number of ether oxygens (including phenoxy) is 2. The van der Waals surface area contributed by atoms with E-state index in [-0.39, 0.29) is 12.5 Å². The molecule has 5 nitrogen and oxygen atoms in total. The van der Waals surface area contributed by atoms with Gasteiger partial charge >= 0.3 is 0 Å². The zero-order valence-electron chi connectivity index (χ0n) is 18.1. The second kappa shape index (κ2) is 11.2. The number of hydrogen-bond donors (Lipinski definition) is 1. The molecule has 7 heteroatoms. The summed E-state index contributed by atoms with van der Waals surface area (Å²) in [5.41, 5.74) is 4.36. The number of carbonyl (C=O) groups excluding carboxylic acids is 1. The predicted molar refractivity (Wildman–Crippen MR) is 134 cm³/mol. The van der Waals surface area contributed by atoms with E-state index >= 15 is 0 Å². The summed E-state index contributed by atoms with van der Waals surface area (Å²) in [6.07, 6.45) is 1.72. The van der Waals surface area contributed by atoms with Crippen molar-refractivity contribution in [2.75, 3.05) is 18.5 Å². The van der Waals surface area contributed by atoms with E-state index in [0.29, 0.717) is 27.6 Å². The first-order chi connectivity index (χ1) is 15.4. The van der Waals surface area contributed by atoms with Crippen LogP contribution in [0, 0.1) is 13.8 Å². The van der Waals surface area contributed by atoms with E-state index in [9.17, 15) is 4.79 Å². The summed E-state index contributed by atoms with van der Waals surface area (Å²) < 4.78 is 12.2. The third-order valence-corrected chi connectivity index (χ3v) is 5.50. The highest BCUT2D eigenvalue weighted by molar-refractivity contribution is 9.10. The quantitative estimate of drug-likeness (QED) is 0.332. The maximum Gasteiger partial charge on any atom is 0.262 e. The summed E-state index contributed by atoms with van der Waals surface area (Å²) in [6, 6.07) is 16.9. The van der Waals surface area contributed by atoms with E-state index in [1.807, 2.05) is 75.4 Å². The fraction of sp³-hybridized carbons (Fsp3) is 0.200. The van der Waals surface area contributed by atoms with Gasteiger partial charge in [-0.25, -0.2) is 0 Å². The molecule has 0 spiro atoms. The molecule has 0 aliphatic rings. The van der Waals surface area contributed by atoms with Gasteiger partial charge in [0.2, 0.25) is 0 Å². The number of carbonyl (C=O) groups is 1. The van der Waals surface area contributed by atoms with Gasteiger partial charge in [-0.1, -0.05) is 29.8 Å². The molecular weight excluding hydrogens is 492 g/mol. The molecule has 0 aromatic heterocycles. The molecule has 0 bridgehead atoms. The van der Waals surface area contributed by atoms with Crippen molar-refractivity contribution >= 4 is 51.0 Å². The van der Waals surface area contributed by atoms with Crippen LogP contribution in [0.25, 0.3) is 0 Å². The molecule has 0 fully saturated rings. The van der Waals surface area contributed by atoms with Crippen molar-refractivity contribution in [1.82, 2.24) is 0 Å². The fourth-order valence-electron chi connectivity index (χ4n) is 2.93. The molecule has 0 heterocycles. The number of rotatable bonds is 8. The van der Waals surface area contributed by atoms with Gasteiger partial charge in [-0.15, -0.1) is 0 Å². The largest absolute Gasteiger partial charge is 0.490 e. The lowest BCUT2D eigenvalue weighted by Gasteiger charge is -2.14. The highest BCUT2D eigenvalue weighted by Crippen LogP contribution is 2.37. The molecule has 0 radical (unpaired) electrons. The maximum atomic E-state index is 12.3. The molecule has 166 valence electrons. The van der Waals surface area contributed by atoms with Crippen LogP contribution in [0.15, 0.2) is 64.1 Å². The normalized spacial score (nSPS) is 10.9. The van der Waals surface area contributed by atoms with Crippen molar-refractivity contribution in [3.05, 3.63) is 80.8 Å². The zero-order chi connectivity index (χ0) is 23.1. The van der Waals surface area contributed by atoms with Crippen LogP contribution in [0.3, 0.4) is 0 Å². The second-order valence-electron chi connectivity index (χ2n) is 7.16. The van der Waals surface area contributed by atoms with Crippen LogP contribution in [-0.2, 0) is 4.79 Å². The second-order valence-corrected chi connectivity index (χ2v) is 8.42. The molecular formula is C25H24BrClN2O3. The maximum absolute atomic E-state index is 12.3. The number of anilines is 1. The van der Waals surface area contributed by atoms with Crippen LogP contribution < -0.4 is 14.8 Å². The molecule has 3 aromatic rings. The zero-order valence-corrected chi connectivity index (χ0v) is 20.5. The Morgan fingerprint density at radius 2 is 1.94 bits per heavy atom. The van der Waals surface area contributed by atoms with Crippen molar-refractivity contribution < 1.29 is 14.3 Å². The number of halogens is 2. The van der Waals surface area contributed by atoms with Crippen LogP contribution in [-0.4, -0.2) is 25.3 Å². The summed E-state index contributed by atoms with van der Waals surface area (Å²) >= 11 is 9.70. The first kappa shape index (κ1) is 23.8. The molecule has 0 unspecified atom stereocenters. The van der Waals surface area contributed by atoms with E-state index in [4.69, 9.17) is 21.1 Å².